The minimum absolute atomic E-state index is 0.127. The van der Waals surface area contributed by atoms with Crippen LogP contribution in [-0.4, -0.2) is 27.7 Å². The van der Waals surface area contributed by atoms with Crippen LogP contribution in [0, 0.1) is 11.6 Å². The average molecular weight is 421 g/mol. The van der Waals surface area contributed by atoms with E-state index in [4.69, 9.17) is 9.47 Å². The summed E-state index contributed by atoms with van der Waals surface area (Å²) >= 11 is 0. The first kappa shape index (κ1) is 20.5. The van der Waals surface area contributed by atoms with Crippen molar-refractivity contribution < 1.29 is 31.5 Å². The van der Waals surface area contributed by atoms with Crippen molar-refractivity contribution in [2.45, 2.75) is 6.61 Å². The lowest BCUT2D eigenvalue weighted by Crippen LogP contribution is -2.30. The molecule has 1 N–H and O–H groups in total. The highest BCUT2D eigenvalue weighted by Crippen LogP contribution is 2.30. The monoisotopic (exact) mass is 421 g/mol. The van der Waals surface area contributed by atoms with Gasteiger partial charge in [0.1, 0.15) is 29.7 Å². The summed E-state index contributed by atoms with van der Waals surface area (Å²) in [6.45, 7) is -0.299. The van der Waals surface area contributed by atoms with Gasteiger partial charge in [0.05, 0.1) is 18.9 Å². The van der Waals surface area contributed by atoms with Crippen molar-refractivity contribution in [3.63, 3.8) is 0 Å². The molecule has 0 saturated heterocycles. The summed E-state index contributed by atoms with van der Waals surface area (Å²) < 4.78 is 63.3. The van der Waals surface area contributed by atoms with Crippen LogP contribution in [0.25, 0.3) is 10.8 Å². The summed E-state index contributed by atoms with van der Waals surface area (Å²) in [5.74, 6) is -2.15. The Hall–Kier alpha value is -3.20. The highest BCUT2D eigenvalue weighted by molar-refractivity contribution is 7.89. The van der Waals surface area contributed by atoms with Crippen molar-refractivity contribution in [3.05, 3.63) is 71.3 Å². The van der Waals surface area contributed by atoms with Crippen LogP contribution in [0.15, 0.2) is 48.5 Å². The van der Waals surface area contributed by atoms with Gasteiger partial charge in [-0.15, -0.1) is 0 Å². The molecular weight excluding hydrogens is 404 g/mol. The van der Waals surface area contributed by atoms with Crippen molar-refractivity contribution in [1.82, 2.24) is 4.72 Å². The van der Waals surface area contributed by atoms with Crippen LogP contribution in [0.3, 0.4) is 0 Å². The van der Waals surface area contributed by atoms with E-state index in [9.17, 15) is 22.0 Å². The van der Waals surface area contributed by atoms with E-state index in [1.807, 2.05) is 12.1 Å². The maximum absolute atomic E-state index is 14.4. The Bertz CT molecular complexity index is 1190. The molecule has 9 heteroatoms. The number of carbonyl (C=O) groups excluding carboxylic acids is 1. The van der Waals surface area contributed by atoms with Crippen LogP contribution >= 0.6 is 0 Å². The minimum Gasteiger partial charge on any atom is -0.497 e. The topological polar surface area (TPSA) is 81.7 Å². The van der Waals surface area contributed by atoms with Crippen LogP contribution in [0.1, 0.15) is 15.9 Å². The van der Waals surface area contributed by atoms with E-state index in [0.717, 1.165) is 23.1 Å². The van der Waals surface area contributed by atoms with Gasteiger partial charge >= 0.3 is 0 Å². The molecule has 0 fully saturated rings. The van der Waals surface area contributed by atoms with Crippen LogP contribution in [0.2, 0.25) is 0 Å². The summed E-state index contributed by atoms with van der Waals surface area (Å²) in [5.41, 5.74) is -0.843. The van der Waals surface area contributed by atoms with Crippen molar-refractivity contribution in [2.24, 2.45) is 0 Å². The molecule has 0 saturated carbocycles. The lowest BCUT2D eigenvalue weighted by Gasteiger charge is -2.12. The number of sulfonamides is 1. The SMILES string of the molecule is COc1ccc2cccc(OCc3cc(F)c(C(=O)NS(C)(=O)=O)cc3F)c2c1. The molecule has 1 amide bonds. The quantitative estimate of drug-likeness (QED) is 0.660. The van der Waals surface area contributed by atoms with E-state index in [-0.39, 0.29) is 12.2 Å². The van der Waals surface area contributed by atoms with Crippen molar-refractivity contribution in [1.29, 1.82) is 0 Å². The Balaban J connectivity index is 1.86. The fraction of sp³-hybridized carbons (Fsp3) is 0.150. The van der Waals surface area contributed by atoms with Crippen LogP contribution < -0.4 is 14.2 Å². The lowest BCUT2D eigenvalue weighted by atomic mass is 10.1. The lowest BCUT2D eigenvalue weighted by molar-refractivity contribution is 0.0977. The maximum Gasteiger partial charge on any atom is 0.267 e. The van der Waals surface area contributed by atoms with E-state index < -0.39 is 33.1 Å². The average Bonchev–Trinajstić information content (AvgIpc) is 2.66. The summed E-state index contributed by atoms with van der Waals surface area (Å²) in [4.78, 5) is 11.8. The summed E-state index contributed by atoms with van der Waals surface area (Å²) in [6.07, 6.45) is 0.737. The fourth-order valence-corrected chi connectivity index (χ4v) is 3.17. The fourth-order valence-electron chi connectivity index (χ4n) is 2.73. The van der Waals surface area contributed by atoms with Gasteiger partial charge in [-0.3, -0.25) is 4.79 Å². The van der Waals surface area contributed by atoms with Gasteiger partial charge in [-0.25, -0.2) is 21.9 Å². The van der Waals surface area contributed by atoms with Crippen LogP contribution in [-0.2, 0) is 16.6 Å². The second-order valence-electron chi connectivity index (χ2n) is 6.26. The number of fused-ring (bicyclic) bond motifs is 1. The van der Waals surface area contributed by atoms with Gasteiger partial charge in [-0.1, -0.05) is 18.2 Å². The van der Waals surface area contributed by atoms with E-state index >= 15 is 0 Å². The van der Waals surface area contributed by atoms with Gasteiger partial charge in [0.15, 0.2) is 0 Å². The summed E-state index contributed by atoms with van der Waals surface area (Å²) in [6, 6.07) is 12.2. The number of rotatable bonds is 6. The number of hydrogen-bond acceptors (Lipinski definition) is 5. The highest BCUT2D eigenvalue weighted by atomic mass is 32.2. The standard InChI is InChI=1S/C20H17F2NO5S/c1-27-14-7-6-12-4-3-5-19(15(12)9-14)28-11-13-8-18(22)16(10-17(13)21)20(24)23-29(2,25)26/h3-10H,11H2,1-2H3,(H,23,24). The zero-order valence-corrected chi connectivity index (χ0v) is 16.3. The minimum atomic E-state index is -3.91. The number of amides is 1. The molecule has 0 aromatic heterocycles. The Kier molecular flexibility index (Phi) is 5.69. The first-order valence-corrected chi connectivity index (χ1v) is 10.3. The molecule has 0 heterocycles. The molecule has 152 valence electrons. The molecule has 6 nitrogen and oxygen atoms in total. The summed E-state index contributed by atoms with van der Waals surface area (Å²) in [7, 11) is -2.38. The predicted molar refractivity (Wildman–Crippen MR) is 104 cm³/mol. The molecule has 3 aromatic rings. The molecule has 0 bridgehead atoms. The zero-order valence-electron chi connectivity index (χ0n) is 15.5. The molecule has 0 aliphatic heterocycles. The highest BCUT2D eigenvalue weighted by Gasteiger charge is 2.19. The van der Waals surface area contributed by atoms with Gasteiger partial charge in [-0.05, 0) is 35.7 Å². The molecule has 0 aliphatic carbocycles. The van der Waals surface area contributed by atoms with Crippen LogP contribution in [0.4, 0.5) is 8.78 Å². The molecule has 3 rings (SSSR count). The largest absolute Gasteiger partial charge is 0.497 e. The van der Waals surface area contributed by atoms with Crippen molar-refractivity contribution in [3.8, 4) is 11.5 Å². The number of nitrogens with one attached hydrogen (secondary N) is 1. The number of carbonyl (C=O) groups is 1. The molecule has 0 spiro atoms. The number of hydrogen-bond donors (Lipinski definition) is 1. The molecule has 0 atom stereocenters. The summed E-state index contributed by atoms with van der Waals surface area (Å²) in [5, 5.41) is 1.61. The third kappa shape index (κ3) is 4.80. The number of benzene rings is 3. The van der Waals surface area contributed by atoms with E-state index in [1.54, 1.807) is 29.0 Å². The molecule has 3 aromatic carbocycles. The molecule has 0 unspecified atom stereocenters. The predicted octanol–water partition coefficient (Wildman–Crippen LogP) is 3.40. The van der Waals surface area contributed by atoms with E-state index in [1.165, 1.54) is 7.11 Å². The smallest absolute Gasteiger partial charge is 0.267 e. The number of methoxy groups -OCH3 is 1. The second kappa shape index (κ2) is 8.04. The van der Waals surface area contributed by atoms with Crippen molar-refractivity contribution in [2.75, 3.05) is 13.4 Å². The molecule has 29 heavy (non-hydrogen) atoms. The number of ether oxygens (including phenoxy) is 2. The van der Waals surface area contributed by atoms with E-state index in [2.05, 4.69) is 0 Å². The van der Waals surface area contributed by atoms with Gasteiger partial charge in [0, 0.05) is 10.9 Å². The van der Waals surface area contributed by atoms with Gasteiger partial charge in [0.2, 0.25) is 10.0 Å². The third-order valence-corrected chi connectivity index (χ3v) is 4.65. The Labute approximate surface area is 166 Å². The molecular formula is C20H17F2NO5S. The number of halogens is 2. The first-order chi connectivity index (χ1) is 13.7. The normalized spacial score (nSPS) is 11.3. The van der Waals surface area contributed by atoms with Crippen molar-refractivity contribution >= 4 is 26.7 Å². The third-order valence-electron chi connectivity index (χ3n) is 4.09. The second-order valence-corrected chi connectivity index (χ2v) is 8.01. The molecule has 0 radical (unpaired) electrons. The van der Waals surface area contributed by atoms with Gasteiger partial charge in [0.25, 0.3) is 5.91 Å². The zero-order chi connectivity index (χ0) is 21.2. The maximum atomic E-state index is 14.4. The first-order valence-electron chi connectivity index (χ1n) is 8.37. The Morgan fingerprint density at radius 3 is 2.52 bits per heavy atom. The van der Waals surface area contributed by atoms with Gasteiger partial charge < -0.3 is 9.47 Å². The Morgan fingerprint density at radius 1 is 1.07 bits per heavy atom. The van der Waals surface area contributed by atoms with Gasteiger partial charge in [-0.2, -0.15) is 0 Å². The molecule has 0 aliphatic rings. The van der Waals surface area contributed by atoms with Crippen LogP contribution in [0.5, 0.6) is 11.5 Å². The van der Waals surface area contributed by atoms with E-state index in [0.29, 0.717) is 17.6 Å². The Morgan fingerprint density at radius 2 is 1.83 bits per heavy atom.